The first kappa shape index (κ1) is 11.0. The minimum absolute atomic E-state index is 0.443. The van der Waals surface area contributed by atoms with Crippen molar-refractivity contribution in [2.45, 2.75) is 38.2 Å². The van der Waals surface area contributed by atoms with E-state index < -0.39 is 17.0 Å². The molecule has 2 rings (SSSR count). The zero-order valence-electron chi connectivity index (χ0n) is 9.78. The Morgan fingerprint density at radius 2 is 1.94 bits per heavy atom. The van der Waals surface area contributed by atoms with E-state index in [0.29, 0.717) is 12.2 Å². The average Bonchev–Trinajstić information content (AvgIpc) is 2.15. The van der Waals surface area contributed by atoms with Gasteiger partial charge < -0.3 is 9.84 Å². The summed E-state index contributed by atoms with van der Waals surface area (Å²) in [6, 6.07) is 7.38. The van der Waals surface area contributed by atoms with Crippen molar-refractivity contribution in [2.75, 3.05) is 0 Å². The Bertz CT molecular complexity index is 437. The highest BCUT2D eigenvalue weighted by molar-refractivity contribution is 5.82. The molecule has 0 saturated heterocycles. The zero-order chi connectivity index (χ0) is 12.0. The van der Waals surface area contributed by atoms with E-state index in [1.54, 1.807) is 6.92 Å². The van der Waals surface area contributed by atoms with Crippen molar-refractivity contribution in [3.63, 3.8) is 0 Å². The van der Waals surface area contributed by atoms with Gasteiger partial charge in [-0.25, -0.2) is 0 Å². The summed E-state index contributed by atoms with van der Waals surface area (Å²) in [5.41, 5.74) is -0.540. The topological polar surface area (TPSA) is 46.5 Å². The van der Waals surface area contributed by atoms with Gasteiger partial charge in [0.2, 0.25) is 0 Å². The van der Waals surface area contributed by atoms with E-state index in [0.717, 1.165) is 5.56 Å². The molecular formula is C13H16O3. The van der Waals surface area contributed by atoms with Crippen molar-refractivity contribution in [1.82, 2.24) is 0 Å². The Morgan fingerprint density at radius 3 is 2.56 bits per heavy atom. The van der Waals surface area contributed by atoms with Crippen LogP contribution in [-0.4, -0.2) is 16.7 Å². The van der Waals surface area contributed by atoms with E-state index in [9.17, 15) is 9.90 Å². The maximum atomic E-state index is 11.5. The molecule has 16 heavy (non-hydrogen) atoms. The lowest BCUT2D eigenvalue weighted by Crippen LogP contribution is -2.47. The third-order valence-corrected chi connectivity index (χ3v) is 3.12. The van der Waals surface area contributed by atoms with Gasteiger partial charge in [-0.3, -0.25) is 4.79 Å². The Balaban J connectivity index is 2.60. The van der Waals surface area contributed by atoms with Gasteiger partial charge in [-0.15, -0.1) is 0 Å². The van der Waals surface area contributed by atoms with Gasteiger partial charge >= 0.3 is 5.97 Å². The Morgan fingerprint density at radius 1 is 1.31 bits per heavy atom. The third kappa shape index (κ3) is 1.56. The minimum Gasteiger partial charge on any atom is -0.487 e. The molecule has 1 N–H and O–H groups in total. The Labute approximate surface area is 95.0 Å². The summed E-state index contributed by atoms with van der Waals surface area (Å²) in [5, 5.41) is 9.42. The summed E-state index contributed by atoms with van der Waals surface area (Å²) in [7, 11) is 0. The fourth-order valence-corrected chi connectivity index (χ4v) is 2.48. The molecular weight excluding hydrogens is 204 g/mol. The van der Waals surface area contributed by atoms with Crippen molar-refractivity contribution >= 4 is 5.97 Å². The van der Waals surface area contributed by atoms with E-state index in [1.807, 2.05) is 38.1 Å². The summed E-state index contributed by atoms with van der Waals surface area (Å²) < 4.78 is 5.80. The number of carbonyl (C=O) groups is 1. The minimum atomic E-state index is -0.863. The van der Waals surface area contributed by atoms with E-state index in [2.05, 4.69) is 0 Å². The average molecular weight is 220 g/mol. The lowest BCUT2D eigenvalue weighted by molar-refractivity contribution is -0.146. The summed E-state index contributed by atoms with van der Waals surface area (Å²) in [6.45, 7) is 5.60. The van der Waals surface area contributed by atoms with Gasteiger partial charge in [0, 0.05) is 12.0 Å². The summed E-state index contributed by atoms with van der Waals surface area (Å²) in [6.07, 6.45) is 0.479. The number of ether oxygens (including phenoxy) is 1. The lowest BCUT2D eigenvalue weighted by atomic mass is 9.72. The molecule has 1 aromatic carbocycles. The largest absolute Gasteiger partial charge is 0.487 e. The lowest BCUT2D eigenvalue weighted by Gasteiger charge is -2.41. The molecule has 0 fully saturated rings. The highest BCUT2D eigenvalue weighted by Crippen LogP contribution is 2.44. The van der Waals surface area contributed by atoms with Crippen molar-refractivity contribution < 1.29 is 14.6 Å². The van der Waals surface area contributed by atoms with Gasteiger partial charge in [-0.2, -0.15) is 0 Å². The van der Waals surface area contributed by atoms with Crippen LogP contribution in [0.5, 0.6) is 5.75 Å². The fraction of sp³-hybridized carbons (Fsp3) is 0.462. The van der Waals surface area contributed by atoms with Crippen LogP contribution in [0.2, 0.25) is 0 Å². The van der Waals surface area contributed by atoms with Crippen LogP contribution in [0.25, 0.3) is 0 Å². The van der Waals surface area contributed by atoms with Crippen LogP contribution in [0, 0.1) is 0 Å². The summed E-state index contributed by atoms with van der Waals surface area (Å²) in [5.74, 6) is -0.111. The maximum absolute atomic E-state index is 11.5. The van der Waals surface area contributed by atoms with E-state index in [4.69, 9.17) is 4.74 Å². The molecule has 0 aromatic heterocycles. The number of carboxylic acid groups (broad SMARTS) is 1. The molecule has 1 atom stereocenters. The van der Waals surface area contributed by atoms with Crippen LogP contribution in [0.4, 0.5) is 0 Å². The number of carboxylic acids is 1. The monoisotopic (exact) mass is 220 g/mol. The van der Waals surface area contributed by atoms with Gasteiger partial charge in [0.15, 0.2) is 0 Å². The molecule has 1 aliphatic heterocycles. The van der Waals surface area contributed by atoms with Gasteiger partial charge in [0.25, 0.3) is 0 Å². The molecule has 1 heterocycles. The Hall–Kier alpha value is -1.51. The standard InChI is InChI=1S/C13H16O3/c1-12(2)8-13(3,11(14)15)9-6-4-5-7-10(9)16-12/h4-7H,8H2,1-3H3,(H,14,15). The molecule has 0 spiro atoms. The normalized spacial score (nSPS) is 26.7. The van der Waals surface area contributed by atoms with Crippen LogP contribution in [-0.2, 0) is 10.2 Å². The number of hydrogen-bond donors (Lipinski definition) is 1. The number of hydrogen-bond acceptors (Lipinski definition) is 2. The van der Waals surface area contributed by atoms with Crippen LogP contribution < -0.4 is 4.74 Å². The summed E-state index contributed by atoms with van der Waals surface area (Å²) in [4.78, 5) is 11.5. The molecule has 86 valence electrons. The molecule has 1 aliphatic rings. The molecule has 1 aromatic rings. The molecule has 0 amide bonds. The predicted octanol–water partition coefficient (Wildman–Crippen LogP) is 2.59. The second-order valence-electron chi connectivity index (χ2n) is 5.17. The van der Waals surface area contributed by atoms with Crippen molar-refractivity contribution in [3.8, 4) is 5.75 Å². The van der Waals surface area contributed by atoms with Gasteiger partial charge in [-0.1, -0.05) is 18.2 Å². The van der Waals surface area contributed by atoms with Crippen molar-refractivity contribution in [3.05, 3.63) is 29.8 Å². The van der Waals surface area contributed by atoms with E-state index in [1.165, 1.54) is 0 Å². The zero-order valence-corrected chi connectivity index (χ0v) is 9.78. The van der Waals surface area contributed by atoms with Crippen molar-refractivity contribution in [1.29, 1.82) is 0 Å². The van der Waals surface area contributed by atoms with Gasteiger partial charge in [-0.05, 0) is 26.8 Å². The number of benzene rings is 1. The molecule has 3 nitrogen and oxygen atoms in total. The van der Waals surface area contributed by atoms with Gasteiger partial charge in [0.05, 0.1) is 5.41 Å². The second kappa shape index (κ2) is 3.24. The third-order valence-electron chi connectivity index (χ3n) is 3.12. The SMILES string of the molecule is CC1(C)CC(C)(C(=O)O)c2ccccc2O1. The van der Waals surface area contributed by atoms with Crippen LogP contribution in [0.1, 0.15) is 32.8 Å². The Kier molecular flexibility index (Phi) is 2.22. The summed E-state index contributed by atoms with van der Waals surface area (Å²) >= 11 is 0. The molecule has 0 bridgehead atoms. The van der Waals surface area contributed by atoms with Gasteiger partial charge in [0.1, 0.15) is 11.4 Å². The molecule has 0 aliphatic carbocycles. The first-order valence-corrected chi connectivity index (χ1v) is 5.37. The van der Waals surface area contributed by atoms with Crippen LogP contribution in [0.3, 0.4) is 0 Å². The van der Waals surface area contributed by atoms with E-state index >= 15 is 0 Å². The smallest absolute Gasteiger partial charge is 0.314 e. The first-order chi connectivity index (χ1) is 7.35. The maximum Gasteiger partial charge on any atom is 0.314 e. The molecule has 0 radical (unpaired) electrons. The number of aliphatic carboxylic acids is 1. The van der Waals surface area contributed by atoms with E-state index in [-0.39, 0.29) is 0 Å². The van der Waals surface area contributed by atoms with Crippen molar-refractivity contribution in [2.24, 2.45) is 0 Å². The molecule has 3 heteroatoms. The fourth-order valence-electron chi connectivity index (χ4n) is 2.48. The van der Waals surface area contributed by atoms with Crippen LogP contribution in [0.15, 0.2) is 24.3 Å². The first-order valence-electron chi connectivity index (χ1n) is 5.37. The highest BCUT2D eigenvalue weighted by atomic mass is 16.5. The molecule has 0 saturated carbocycles. The number of rotatable bonds is 1. The predicted molar refractivity (Wildman–Crippen MR) is 60.8 cm³/mol. The quantitative estimate of drug-likeness (QED) is 0.791. The highest BCUT2D eigenvalue weighted by Gasteiger charge is 2.46. The number of para-hydroxylation sites is 1. The second-order valence-corrected chi connectivity index (χ2v) is 5.17. The molecule has 1 unspecified atom stereocenters. The number of fused-ring (bicyclic) bond motifs is 1. The van der Waals surface area contributed by atoms with Crippen LogP contribution >= 0.6 is 0 Å².